The van der Waals surface area contributed by atoms with Gasteiger partial charge in [-0.1, -0.05) is 35.2 Å². The van der Waals surface area contributed by atoms with Crippen molar-refractivity contribution in [1.82, 2.24) is 15.5 Å². The molecule has 22 heavy (non-hydrogen) atoms. The van der Waals surface area contributed by atoms with E-state index >= 15 is 0 Å². The predicted molar refractivity (Wildman–Crippen MR) is 90.9 cm³/mol. The van der Waals surface area contributed by atoms with Crippen molar-refractivity contribution in [2.45, 2.75) is 42.3 Å². The van der Waals surface area contributed by atoms with Crippen LogP contribution in [0.3, 0.4) is 0 Å². The first-order valence-electron chi connectivity index (χ1n) is 7.24. The molecule has 0 unspecified atom stereocenters. The molecule has 0 aliphatic heterocycles. The minimum Gasteiger partial charge on any atom is -0.352 e. The van der Waals surface area contributed by atoms with Crippen LogP contribution in [0, 0.1) is 6.92 Å². The van der Waals surface area contributed by atoms with Crippen molar-refractivity contribution in [3.05, 3.63) is 29.8 Å². The molecule has 5 nitrogen and oxygen atoms in total. The highest BCUT2D eigenvalue weighted by atomic mass is 32.2. The number of thioether (sulfide) groups is 1. The average molecular weight is 334 g/mol. The monoisotopic (exact) mass is 334 g/mol. The molecular formula is C15H18N4OS2. The van der Waals surface area contributed by atoms with E-state index in [1.165, 1.54) is 28.7 Å². The van der Waals surface area contributed by atoms with Crippen molar-refractivity contribution in [1.29, 1.82) is 0 Å². The van der Waals surface area contributed by atoms with Gasteiger partial charge in [-0.15, -0.1) is 10.2 Å². The lowest BCUT2D eigenvalue weighted by Crippen LogP contribution is -2.32. The number of nitrogens with zero attached hydrogens (tertiary/aromatic N) is 2. The molecule has 0 radical (unpaired) electrons. The number of hydrogen-bond donors (Lipinski definition) is 2. The van der Waals surface area contributed by atoms with Crippen molar-refractivity contribution >= 4 is 39.8 Å². The highest BCUT2D eigenvalue weighted by molar-refractivity contribution is 8.02. The van der Waals surface area contributed by atoms with Gasteiger partial charge in [-0.2, -0.15) is 0 Å². The van der Waals surface area contributed by atoms with Gasteiger partial charge in [-0.25, -0.2) is 0 Å². The zero-order chi connectivity index (χ0) is 15.5. The molecule has 1 saturated carbocycles. The highest BCUT2D eigenvalue weighted by Crippen LogP contribution is 2.31. The first-order valence-corrected chi connectivity index (χ1v) is 8.94. The van der Waals surface area contributed by atoms with Crippen LogP contribution in [0.2, 0.25) is 0 Å². The lowest BCUT2D eigenvalue weighted by molar-refractivity contribution is -0.120. The normalized spacial score (nSPS) is 15.4. The molecule has 2 N–H and O–H groups in total. The van der Waals surface area contributed by atoms with Gasteiger partial charge in [0.1, 0.15) is 0 Å². The van der Waals surface area contributed by atoms with Gasteiger partial charge < -0.3 is 10.6 Å². The second kappa shape index (κ2) is 6.66. The minimum atomic E-state index is -0.152. The summed E-state index contributed by atoms with van der Waals surface area (Å²) < 4.78 is 0.800. The molecule has 0 bridgehead atoms. The number of nitrogens with one attached hydrogen (secondary N) is 2. The molecule has 7 heteroatoms. The molecule has 1 amide bonds. The Bertz CT molecular complexity index is 669. The summed E-state index contributed by atoms with van der Waals surface area (Å²) in [5.74, 6) is 0.0795. The lowest BCUT2D eigenvalue weighted by Gasteiger charge is -2.08. The van der Waals surface area contributed by atoms with Gasteiger partial charge in [-0.05, 0) is 44.4 Å². The largest absolute Gasteiger partial charge is 0.352 e. The number of hydrogen-bond acceptors (Lipinski definition) is 6. The number of anilines is 2. The molecule has 0 saturated heterocycles. The fourth-order valence-electron chi connectivity index (χ4n) is 1.91. The lowest BCUT2D eigenvalue weighted by atomic mass is 10.2. The summed E-state index contributed by atoms with van der Waals surface area (Å²) in [4.78, 5) is 11.9. The molecule has 1 aromatic carbocycles. The smallest absolute Gasteiger partial charge is 0.233 e. The molecular weight excluding hydrogens is 316 g/mol. The maximum atomic E-state index is 11.9. The third-order valence-electron chi connectivity index (χ3n) is 3.25. The van der Waals surface area contributed by atoms with Gasteiger partial charge in [0.2, 0.25) is 11.0 Å². The summed E-state index contributed by atoms with van der Waals surface area (Å²) >= 11 is 2.91. The van der Waals surface area contributed by atoms with Crippen LogP contribution in [0.1, 0.15) is 25.3 Å². The number of amides is 1. The second-order valence-corrected chi connectivity index (χ2v) is 7.98. The fourth-order valence-corrected chi connectivity index (χ4v) is 3.83. The van der Waals surface area contributed by atoms with E-state index in [9.17, 15) is 4.79 Å². The minimum absolute atomic E-state index is 0.0795. The highest BCUT2D eigenvalue weighted by Gasteiger charge is 2.26. The van der Waals surface area contributed by atoms with Gasteiger partial charge in [0, 0.05) is 11.7 Å². The van der Waals surface area contributed by atoms with E-state index in [1.54, 1.807) is 0 Å². The molecule has 1 heterocycles. The zero-order valence-electron chi connectivity index (χ0n) is 12.5. The Morgan fingerprint density at radius 3 is 2.95 bits per heavy atom. The summed E-state index contributed by atoms with van der Waals surface area (Å²) in [7, 11) is 0. The van der Waals surface area contributed by atoms with Crippen LogP contribution in [-0.4, -0.2) is 27.4 Å². The van der Waals surface area contributed by atoms with Crippen molar-refractivity contribution in [2.75, 3.05) is 5.32 Å². The third-order valence-corrected chi connectivity index (χ3v) is 5.27. The number of aromatic nitrogens is 2. The molecule has 1 aliphatic carbocycles. The molecule has 1 aliphatic rings. The predicted octanol–water partition coefficient (Wildman–Crippen LogP) is 3.35. The topological polar surface area (TPSA) is 66.9 Å². The summed E-state index contributed by atoms with van der Waals surface area (Å²) in [6.07, 6.45) is 2.21. The Morgan fingerprint density at radius 1 is 1.41 bits per heavy atom. The maximum Gasteiger partial charge on any atom is 0.233 e. The molecule has 0 spiro atoms. The summed E-state index contributed by atoms with van der Waals surface area (Å²) in [5.41, 5.74) is 2.18. The van der Waals surface area contributed by atoms with Gasteiger partial charge in [-0.3, -0.25) is 4.79 Å². The van der Waals surface area contributed by atoms with E-state index in [1.807, 2.05) is 32.0 Å². The van der Waals surface area contributed by atoms with Crippen LogP contribution in [0.5, 0.6) is 0 Å². The Hall–Kier alpha value is -1.60. The molecule has 2 aromatic rings. The summed E-state index contributed by atoms with van der Waals surface area (Å²) in [6.45, 7) is 3.95. The van der Waals surface area contributed by atoms with E-state index < -0.39 is 0 Å². The molecule has 3 rings (SSSR count). The maximum absolute atomic E-state index is 11.9. The first-order chi connectivity index (χ1) is 10.6. The number of rotatable bonds is 6. The van der Waals surface area contributed by atoms with Crippen molar-refractivity contribution in [2.24, 2.45) is 0 Å². The first kappa shape index (κ1) is 15.3. The Morgan fingerprint density at radius 2 is 2.23 bits per heavy atom. The molecule has 116 valence electrons. The van der Waals surface area contributed by atoms with Crippen LogP contribution >= 0.6 is 23.1 Å². The number of carbonyl (C=O) groups is 1. The number of aryl methyl sites for hydroxylation is 1. The van der Waals surface area contributed by atoms with Crippen molar-refractivity contribution in [3.63, 3.8) is 0 Å². The summed E-state index contributed by atoms with van der Waals surface area (Å²) in [6, 6.07) is 8.49. The number of benzene rings is 1. The molecule has 1 atom stereocenters. The Kier molecular flexibility index (Phi) is 4.63. The van der Waals surface area contributed by atoms with Crippen molar-refractivity contribution < 1.29 is 4.79 Å². The fraction of sp³-hybridized carbons (Fsp3) is 0.400. The van der Waals surface area contributed by atoms with E-state index in [0.717, 1.165) is 28.0 Å². The second-order valence-electron chi connectivity index (χ2n) is 5.41. The van der Waals surface area contributed by atoms with E-state index in [2.05, 4.69) is 26.9 Å². The van der Waals surface area contributed by atoms with Crippen LogP contribution in [0.4, 0.5) is 10.8 Å². The van der Waals surface area contributed by atoms with Gasteiger partial charge >= 0.3 is 0 Å². The summed E-state index contributed by atoms with van der Waals surface area (Å²) in [5, 5.41) is 15.1. The molecule has 1 fully saturated rings. The van der Waals surface area contributed by atoms with Crippen LogP contribution in [-0.2, 0) is 4.79 Å². The van der Waals surface area contributed by atoms with Crippen LogP contribution in [0.15, 0.2) is 28.6 Å². The van der Waals surface area contributed by atoms with Crippen LogP contribution < -0.4 is 10.6 Å². The third kappa shape index (κ3) is 4.20. The van der Waals surface area contributed by atoms with E-state index in [-0.39, 0.29) is 11.2 Å². The van der Waals surface area contributed by atoms with E-state index in [4.69, 9.17) is 0 Å². The Labute approximate surface area is 137 Å². The van der Waals surface area contributed by atoms with Gasteiger partial charge in [0.05, 0.1) is 5.25 Å². The van der Waals surface area contributed by atoms with E-state index in [0.29, 0.717) is 6.04 Å². The van der Waals surface area contributed by atoms with Gasteiger partial charge in [0.15, 0.2) is 4.34 Å². The van der Waals surface area contributed by atoms with Crippen molar-refractivity contribution in [3.8, 4) is 0 Å². The van der Waals surface area contributed by atoms with Crippen LogP contribution in [0.25, 0.3) is 0 Å². The average Bonchev–Trinajstić information content (AvgIpc) is 3.18. The standard InChI is InChI=1S/C15H18N4OS2/c1-9-4-3-5-12(8-9)17-14-18-19-15(22-14)21-10(2)13(20)16-11-6-7-11/h3-5,8,10-11H,6-7H2,1-2H3,(H,16,20)(H,17,18)/t10-/m0/s1. The number of carbonyl (C=O) groups excluding carboxylic acids is 1. The Balaban J connectivity index is 1.57. The SMILES string of the molecule is Cc1cccc(Nc2nnc(S[C@@H](C)C(=O)NC3CC3)s2)c1. The van der Waals surface area contributed by atoms with Gasteiger partial charge in [0.25, 0.3) is 0 Å². The quantitative estimate of drug-likeness (QED) is 0.793. The molecule has 1 aromatic heterocycles. The zero-order valence-corrected chi connectivity index (χ0v) is 14.1.